The van der Waals surface area contributed by atoms with Gasteiger partial charge in [0.05, 0.1) is 10.4 Å². The molecule has 0 spiro atoms. The zero-order chi connectivity index (χ0) is 37.5. The third-order valence-electron chi connectivity index (χ3n) is 5.82. The number of hydrogen-bond donors (Lipinski definition) is 4. The average molecular weight is 910 g/mol. The van der Waals surface area contributed by atoms with Crippen LogP contribution in [0, 0.1) is 0 Å². The summed E-state index contributed by atoms with van der Waals surface area (Å²) in [5.41, 5.74) is 16.1. The van der Waals surface area contributed by atoms with Crippen molar-refractivity contribution in [2.24, 2.45) is 14.1 Å². The molecular formula is C30H30Br3ClN14O3. The molecule has 0 aliphatic rings. The molecule has 0 unspecified atom stereocenters. The van der Waals surface area contributed by atoms with E-state index in [9.17, 15) is 9.59 Å². The normalized spacial score (nSPS) is 9.92. The first kappa shape index (κ1) is 40.3. The zero-order valence-corrected chi connectivity index (χ0v) is 32.3. The van der Waals surface area contributed by atoms with Crippen LogP contribution >= 0.6 is 59.4 Å². The topological polar surface area (TPSA) is 237 Å². The summed E-state index contributed by atoms with van der Waals surface area (Å²) in [5.74, 6) is 3.02. The maximum Gasteiger partial charge on any atom is 0.274 e. The summed E-state index contributed by atoms with van der Waals surface area (Å²) in [4.78, 5) is 55.6. The van der Waals surface area contributed by atoms with Crippen LogP contribution in [0.1, 0.15) is 0 Å². The number of nitrogens with zero attached hydrogens (tertiary/aromatic N) is 10. The van der Waals surface area contributed by atoms with Crippen molar-refractivity contribution in [3.05, 3.63) is 120 Å². The molecule has 51 heavy (non-hydrogen) atoms. The second kappa shape index (κ2) is 19.9. The molecule has 21 heteroatoms. The van der Waals surface area contributed by atoms with Crippen molar-refractivity contribution in [3.8, 4) is 0 Å². The van der Waals surface area contributed by atoms with Crippen molar-refractivity contribution in [1.82, 2.24) is 47.8 Å². The SMILES string of the molecule is Cn1cc(Br)cc(Br)c1=O.Cn1cc(Br)cc(Nc2ccn3ccnc3n2)c1=O.Nc1ccn2ccnc2n1.Nc1ccnc(N)n1.O=CCCl. The highest BCUT2D eigenvalue weighted by Crippen LogP contribution is 2.16. The van der Waals surface area contributed by atoms with Crippen LogP contribution in [-0.2, 0) is 18.9 Å². The minimum atomic E-state index is -0.117. The van der Waals surface area contributed by atoms with Gasteiger partial charge in [-0.1, -0.05) is 0 Å². The predicted octanol–water partition coefficient (Wildman–Crippen LogP) is 4.22. The number of aryl methyl sites for hydroxylation is 2. The summed E-state index contributed by atoms with van der Waals surface area (Å²) in [6, 6.07) is 8.54. The number of aromatic nitrogens is 10. The number of aldehydes is 1. The lowest BCUT2D eigenvalue weighted by Crippen LogP contribution is -2.19. The summed E-state index contributed by atoms with van der Waals surface area (Å²) < 4.78 is 8.89. The summed E-state index contributed by atoms with van der Waals surface area (Å²) in [6.45, 7) is 0. The van der Waals surface area contributed by atoms with Crippen LogP contribution in [0.4, 0.5) is 29.1 Å². The quantitative estimate of drug-likeness (QED) is 0.144. The van der Waals surface area contributed by atoms with Gasteiger partial charge in [-0.3, -0.25) is 18.4 Å². The van der Waals surface area contributed by atoms with E-state index in [1.165, 1.54) is 15.3 Å². The lowest BCUT2D eigenvalue weighted by Gasteiger charge is -2.07. The Morgan fingerprint density at radius 3 is 1.84 bits per heavy atom. The van der Waals surface area contributed by atoms with Crippen LogP contribution in [0.5, 0.6) is 0 Å². The number of carbonyl (C=O) groups is 1. The van der Waals surface area contributed by atoms with Gasteiger partial charge in [-0.25, -0.2) is 15.0 Å². The van der Waals surface area contributed by atoms with Gasteiger partial charge in [0, 0.05) is 78.8 Å². The lowest BCUT2D eigenvalue weighted by atomic mass is 10.4. The minimum Gasteiger partial charge on any atom is -0.384 e. The number of imidazole rings is 2. The standard InChI is InChI=1S/C12H10BrN5O.C6H5Br2NO.C6H6N4.C4H6N4.C2H3ClO/c1-17-7-8(13)6-9(11(17)19)15-10-2-4-18-5-3-14-12(18)16-10;1-9-3-4(7)2-5(8)6(9)10;7-5-1-3-10-4-2-8-6(10)9-5;5-3-1-2-7-4(6)8-3;3-1-2-4/h2-7H,1H3,(H,14,15,16);2-3H,1H3;1-4H,(H2,7,8,9);1-2H,(H4,5,6,7,8);2H,1H2. The van der Waals surface area contributed by atoms with Gasteiger partial charge in [0.2, 0.25) is 17.5 Å². The molecule has 7 aromatic rings. The summed E-state index contributed by atoms with van der Waals surface area (Å²) in [5, 5.41) is 3.01. The number of rotatable bonds is 3. The molecular weight excluding hydrogens is 880 g/mol. The Morgan fingerprint density at radius 1 is 0.745 bits per heavy atom. The van der Waals surface area contributed by atoms with E-state index in [4.69, 9.17) is 33.6 Å². The van der Waals surface area contributed by atoms with Gasteiger partial charge in [0.1, 0.15) is 29.4 Å². The van der Waals surface area contributed by atoms with E-state index in [-0.39, 0.29) is 22.9 Å². The second-order valence-electron chi connectivity index (χ2n) is 9.63. The van der Waals surface area contributed by atoms with E-state index in [1.54, 1.807) is 78.0 Å². The number of halogens is 4. The number of nitrogen functional groups attached to an aromatic ring is 3. The summed E-state index contributed by atoms with van der Waals surface area (Å²) in [7, 11) is 3.40. The fourth-order valence-electron chi connectivity index (χ4n) is 3.61. The van der Waals surface area contributed by atoms with E-state index in [2.05, 4.69) is 83.0 Å². The van der Waals surface area contributed by atoms with Crippen molar-refractivity contribution >= 4 is 106 Å². The molecule has 0 atom stereocenters. The first-order chi connectivity index (χ1) is 24.3. The molecule has 0 aromatic carbocycles. The molecule has 0 bridgehead atoms. The maximum atomic E-state index is 12.0. The van der Waals surface area contributed by atoms with Crippen LogP contribution < -0.4 is 33.6 Å². The van der Waals surface area contributed by atoms with E-state index < -0.39 is 0 Å². The molecule has 0 saturated carbocycles. The van der Waals surface area contributed by atoms with Crippen molar-refractivity contribution in [2.45, 2.75) is 0 Å². The number of nitrogens with two attached hydrogens (primary N) is 3. The largest absolute Gasteiger partial charge is 0.384 e. The molecule has 0 amide bonds. The molecule has 0 fully saturated rings. The third-order valence-corrected chi connectivity index (χ3v) is 7.38. The summed E-state index contributed by atoms with van der Waals surface area (Å²) in [6.07, 6.45) is 16.2. The fraction of sp³-hybridized carbons (Fsp3) is 0.100. The van der Waals surface area contributed by atoms with E-state index in [1.807, 2.05) is 24.8 Å². The van der Waals surface area contributed by atoms with Crippen LogP contribution in [0.3, 0.4) is 0 Å². The van der Waals surface area contributed by atoms with Crippen LogP contribution in [0.2, 0.25) is 0 Å². The molecule has 266 valence electrons. The van der Waals surface area contributed by atoms with E-state index >= 15 is 0 Å². The molecule has 0 aliphatic carbocycles. The molecule has 7 heterocycles. The number of fused-ring (bicyclic) bond motifs is 2. The lowest BCUT2D eigenvalue weighted by molar-refractivity contribution is -0.105. The zero-order valence-electron chi connectivity index (χ0n) is 26.8. The second-order valence-corrected chi connectivity index (χ2v) is 12.6. The van der Waals surface area contributed by atoms with Gasteiger partial charge < -0.3 is 36.4 Å². The number of nitrogens with one attached hydrogen (secondary N) is 1. The third kappa shape index (κ3) is 12.9. The molecule has 7 N–H and O–H groups in total. The van der Waals surface area contributed by atoms with E-state index in [0.29, 0.717) is 45.5 Å². The number of alkyl halides is 1. The predicted molar refractivity (Wildman–Crippen MR) is 208 cm³/mol. The van der Waals surface area contributed by atoms with Gasteiger partial charge >= 0.3 is 0 Å². The van der Waals surface area contributed by atoms with Gasteiger partial charge in [-0.05, 0) is 78.1 Å². The van der Waals surface area contributed by atoms with Crippen molar-refractivity contribution in [3.63, 3.8) is 0 Å². The molecule has 0 aliphatic heterocycles. The van der Waals surface area contributed by atoms with Gasteiger partial charge in [0.15, 0.2) is 0 Å². The Hall–Kier alpha value is -5.18. The Kier molecular flexibility index (Phi) is 15.7. The van der Waals surface area contributed by atoms with Gasteiger partial charge in [-0.2, -0.15) is 15.0 Å². The maximum absolute atomic E-state index is 12.0. The van der Waals surface area contributed by atoms with Crippen LogP contribution in [-0.4, -0.2) is 60.0 Å². The highest BCUT2D eigenvalue weighted by atomic mass is 79.9. The number of carbonyl (C=O) groups excluding carboxylic acids is 1. The number of hydrogen-bond acceptors (Lipinski definition) is 13. The Bertz CT molecular complexity index is 2280. The first-order valence-electron chi connectivity index (χ1n) is 14.1. The van der Waals surface area contributed by atoms with Gasteiger partial charge in [0.25, 0.3) is 11.1 Å². The fourth-order valence-corrected chi connectivity index (χ4v) is 5.52. The molecule has 7 rings (SSSR count). The first-order valence-corrected chi connectivity index (χ1v) is 17.1. The van der Waals surface area contributed by atoms with Crippen molar-refractivity contribution < 1.29 is 4.79 Å². The van der Waals surface area contributed by atoms with Crippen LogP contribution in [0.15, 0.2) is 109 Å². The monoisotopic (exact) mass is 906 g/mol. The Labute approximate surface area is 320 Å². The molecule has 0 saturated heterocycles. The highest BCUT2D eigenvalue weighted by molar-refractivity contribution is 9.11. The van der Waals surface area contributed by atoms with Crippen LogP contribution in [0.25, 0.3) is 11.6 Å². The van der Waals surface area contributed by atoms with Crippen molar-refractivity contribution in [1.29, 1.82) is 0 Å². The molecule has 0 radical (unpaired) electrons. The van der Waals surface area contributed by atoms with E-state index in [0.717, 1.165) is 8.95 Å². The van der Waals surface area contributed by atoms with Gasteiger partial charge in [-0.15, -0.1) is 11.6 Å². The van der Waals surface area contributed by atoms with Crippen molar-refractivity contribution in [2.75, 3.05) is 28.4 Å². The summed E-state index contributed by atoms with van der Waals surface area (Å²) >= 11 is 14.6. The Morgan fingerprint density at radius 2 is 1.29 bits per heavy atom. The smallest absolute Gasteiger partial charge is 0.274 e. The molecule has 7 aromatic heterocycles. The molecule has 17 nitrogen and oxygen atoms in total. The minimum absolute atomic E-state index is 0.0248. The average Bonchev–Trinajstić information content (AvgIpc) is 3.76. The Balaban J connectivity index is 0.000000188. The highest BCUT2D eigenvalue weighted by Gasteiger charge is 2.06. The number of pyridine rings is 2. The number of anilines is 5.